The first kappa shape index (κ1) is 19.9. The van der Waals surface area contributed by atoms with Gasteiger partial charge < -0.3 is 15.0 Å². The first-order valence-electron chi connectivity index (χ1n) is 8.79. The Labute approximate surface area is 160 Å². The number of rotatable bonds is 8. The Morgan fingerprint density at radius 1 is 1.46 bits per heavy atom. The normalized spacial score (nSPS) is 19.6. The summed E-state index contributed by atoms with van der Waals surface area (Å²) in [6.45, 7) is -1.78. The summed E-state index contributed by atoms with van der Waals surface area (Å²) in [4.78, 5) is 26.5. The van der Waals surface area contributed by atoms with Crippen LogP contribution in [0.1, 0.15) is 35.1 Å². The molecule has 1 N–H and O–H groups in total. The van der Waals surface area contributed by atoms with Gasteiger partial charge in [0, 0.05) is 57.5 Å². The molecule has 0 radical (unpaired) electrons. The predicted molar refractivity (Wildman–Crippen MR) is 93.5 cm³/mol. The first-order chi connectivity index (χ1) is 13.4. The maximum Gasteiger partial charge on any atom is 0.333 e. The molecule has 1 aliphatic heterocycles. The topological polar surface area (TPSA) is 94.3 Å². The molecule has 0 aliphatic carbocycles. The second kappa shape index (κ2) is 8.46. The van der Waals surface area contributed by atoms with Crippen LogP contribution in [0.25, 0.3) is 0 Å². The number of ether oxygens (including phenoxy) is 1. The number of hydrogen-bond donors (Lipinski definition) is 1. The van der Waals surface area contributed by atoms with Crippen molar-refractivity contribution in [1.82, 2.24) is 29.8 Å². The Morgan fingerprint density at radius 3 is 2.86 bits per heavy atom. The molecule has 2 amide bonds. The van der Waals surface area contributed by atoms with E-state index in [0.717, 1.165) is 11.8 Å². The number of carbonyl (C=O) groups is 2. The van der Waals surface area contributed by atoms with Gasteiger partial charge in [-0.05, 0) is 6.07 Å². The van der Waals surface area contributed by atoms with E-state index in [-0.39, 0.29) is 36.5 Å². The molecular formula is C17H22F2N6O3. The highest BCUT2D eigenvalue weighted by atomic mass is 19.3. The van der Waals surface area contributed by atoms with Crippen LogP contribution in [0.4, 0.5) is 8.78 Å². The fourth-order valence-electron chi connectivity index (χ4n) is 3.43. The molecule has 0 bridgehead atoms. The SMILES string of the molecule is COCCN1C(=O)C[C@H](CNC(=O)c2ccn(C(F)F)n2)[C@H]1c1cnn(C)c1. The molecule has 2 aromatic rings. The number of alkyl halides is 2. The Bertz CT molecular complexity index is 836. The molecule has 1 fully saturated rings. The summed E-state index contributed by atoms with van der Waals surface area (Å²) in [6.07, 6.45) is 4.84. The standard InChI is InChI=1S/C17H22F2N6O3/c1-23-10-12(9-21-23)15-11(7-14(26)24(15)5-6-28-2)8-20-16(27)13-3-4-25(22-13)17(18)19/h3-4,9-11,15,17H,5-8H2,1-2H3,(H,20,27)/t11-,15+/m1/s1. The average molecular weight is 396 g/mol. The lowest BCUT2D eigenvalue weighted by Crippen LogP contribution is -2.35. The molecule has 1 saturated heterocycles. The fraction of sp³-hybridized carbons (Fsp3) is 0.529. The van der Waals surface area contributed by atoms with Crippen molar-refractivity contribution in [3.05, 3.63) is 35.9 Å². The van der Waals surface area contributed by atoms with Crippen molar-refractivity contribution in [3.63, 3.8) is 0 Å². The molecule has 0 aromatic carbocycles. The zero-order valence-corrected chi connectivity index (χ0v) is 15.6. The maximum absolute atomic E-state index is 12.6. The summed E-state index contributed by atoms with van der Waals surface area (Å²) in [6, 6.07) is 0.973. The van der Waals surface area contributed by atoms with Crippen LogP contribution in [0, 0.1) is 5.92 Å². The lowest BCUT2D eigenvalue weighted by Gasteiger charge is -2.27. The number of aryl methyl sites for hydroxylation is 1. The van der Waals surface area contributed by atoms with Crippen LogP contribution in [-0.4, -0.2) is 63.1 Å². The molecule has 11 heteroatoms. The quantitative estimate of drug-likeness (QED) is 0.718. The molecule has 3 heterocycles. The van der Waals surface area contributed by atoms with Crippen molar-refractivity contribution < 1.29 is 23.1 Å². The minimum absolute atomic E-state index is 0.0351. The van der Waals surface area contributed by atoms with Crippen LogP contribution in [0.2, 0.25) is 0 Å². The van der Waals surface area contributed by atoms with Gasteiger partial charge in [0.2, 0.25) is 5.91 Å². The van der Waals surface area contributed by atoms with Gasteiger partial charge in [-0.3, -0.25) is 14.3 Å². The van der Waals surface area contributed by atoms with Gasteiger partial charge in [0.1, 0.15) is 5.69 Å². The lowest BCUT2D eigenvalue weighted by molar-refractivity contribution is -0.129. The lowest BCUT2D eigenvalue weighted by atomic mass is 9.95. The number of nitrogens with one attached hydrogen (secondary N) is 1. The summed E-state index contributed by atoms with van der Waals surface area (Å²) < 4.78 is 32.4. The van der Waals surface area contributed by atoms with Crippen molar-refractivity contribution in [1.29, 1.82) is 0 Å². The molecule has 2 aromatic heterocycles. The summed E-state index contributed by atoms with van der Waals surface area (Å²) in [5.41, 5.74) is 0.768. The Kier molecular flexibility index (Phi) is 6.02. The number of aromatic nitrogens is 4. The van der Waals surface area contributed by atoms with Gasteiger partial charge in [-0.1, -0.05) is 0 Å². The number of nitrogens with zero attached hydrogens (tertiary/aromatic N) is 5. The maximum atomic E-state index is 12.6. The van der Waals surface area contributed by atoms with E-state index in [2.05, 4.69) is 15.5 Å². The number of halogens is 2. The van der Waals surface area contributed by atoms with E-state index >= 15 is 0 Å². The highest BCUT2D eigenvalue weighted by molar-refractivity contribution is 5.92. The molecule has 2 atom stereocenters. The molecule has 1 aliphatic rings. The number of hydrogen-bond acceptors (Lipinski definition) is 5. The zero-order chi connectivity index (χ0) is 20.3. The Balaban J connectivity index is 1.71. The largest absolute Gasteiger partial charge is 0.383 e. The molecule has 28 heavy (non-hydrogen) atoms. The third-order valence-corrected chi connectivity index (χ3v) is 4.71. The van der Waals surface area contributed by atoms with Crippen LogP contribution in [-0.2, 0) is 16.6 Å². The van der Waals surface area contributed by atoms with E-state index in [9.17, 15) is 18.4 Å². The van der Waals surface area contributed by atoms with Gasteiger partial charge in [0.15, 0.2) is 0 Å². The second-order valence-corrected chi connectivity index (χ2v) is 6.60. The predicted octanol–water partition coefficient (Wildman–Crippen LogP) is 0.978. The van der Waals surface area contributed by atoms with Crippen LogP contribution in [0.5, 0.6) is 0 Å². The summed E-state index contributed by atoms with van der Waals surface area (Å²) >= 11 is 0. The average Bonchev–Trinajstić information content (AvgIpc) is 3.37. The first-order valence-corrected chi connectivity index (χ1v) is 8.79. The van der Waals surface area contributed by atoms with Crippen molar-refractivity contribution in [2.24, 2.45) is 13.0 Å². The Morgan fingerprint density at radius 2 is 2.25 bits per heavy atom. The highest BCUT2D eigenvalue weighted by Gasteiger charge is 2.41. The van der Waals surface area contributed by atoms with Crippen molar-refractivity contribution in [3.8, 4) is 0 Å². The van der Waals surface area contributed by atoms with Crippen molar-refractivity contribution in [2.75, 3.05) is 26.8 Å². The number of methoxy groups -OCH3 is 1. The van der Waals surface area contributed by atoms with Gasteiger partial charge >= 0.3 is 6.55 Å². The van der Waals surface area contributed by atoms with E-state index < -0.39 is 12.5 Å². The van der Waals surface area contributed by atoms with E-state index in [1.54, 1.807) is 29.9 Å². The summed E-state index contributed by atoms with van der Waals surface area (Å²) in [5.74, 6) is -0.783. The fourth-order valence-corrected chi connectivity index (χ4v) is 3.43. The molecule has 9 nitrogen and oxygen atoms in total. The monoisotopic (exact) mass is 396 g/mol. The van der Waals surface area contributed by atoms with Gasteiger partial charge in [0.25, 0.3) is 5.91 Å². The van der Waals surface area contributed by atoms with E-state index in [4.69, 9.17) is 4.74 Å². The molecule has 0 saturated carbocycles. The van der Waals surface area contributed by atoms with Crippen molar-refractivity contribution >= 4 is 11.8 Å². The van der Waals surface area contributed by atoms with Gasteiger partial charge in [-0.15, -0.1) is 0 Å². The zero-order valence-electron chi connectivity index (χ0n) is 15.6. The number of amides is 2. The minimum atomic E-state index is -2.81. The van der Waals surface area contributed by atoms with E-state index in [1.165, 1.54) is 6.07 Å². The third kappa shape index (κ3) is 4.19. The molecule has 3 rings (SSSR count). The number of likely N-dealkylation sites (tertiary alicyclic amines) is 1. The number of carbonyl (C=O) groups excluding carboxylic acids is 2. The van der Waals surface area contributed by atoms with Crippen LogP contribution in [0.3, 0.4) is 0 Å². The van der Waals surface area contributed by atoms with E-state index in [0.29, 0.717) is 17.8 Å². The van der Waals surface area contributed by atoms with Crippen LogP contribution < -0.4 is 5.32 Å². The Hall–Kier alpha value is -2.82. The minimum Gasteiger partial charge on any atom is -0.383 e. The molecule has 152 valence electrons. The van der Waals surface area contributed by atoms with Crippen molar-refractivity contribution in [2.45, 2.75) is 19.0 Å². The van der Waals surface area contributed by atoms with E-state index in [1.807, 2.05) is 6.20 Å². The third-order valence-electron chi connectivity index (χ3n) is 4.71. The van der Waals surface area contributed by atoms with Gasteiger partial charge in [-0.2, -0.15) is 19.0 Å². The molecule has 0 spiro atoms. The van der Waals surface area contributed by atoms with Crippen LogP contribution >= 0.6 is 0 Å². The summed E-state index contributed by atoms with van der Waals surface area (Å²) in [7, 11) is 3.35. The van der Waals surface area contributed by atoms with Gasteiger partial charge in [-0.25, -0.2) is 4.68 Å². The molecule has 0 unspecified atom stereocenters. The van der Waals surface area contributed by atoms with Crippen LogP contribution in [0.15, 0.2) is 24.7 Å². The summed E-state index contributed by atoms with van der Waals surface area (Å²) in [5, 5.41) is 10.4. The highest BCUT2D eigenvalue weighted by Crippen LogP contribution is 2.37. The second-order valence-electron chi connectivity index (χ2n) is 6.60. The molecular weight excluding hydrogens is 374 g/mol. The smallest absolute Gasteiger partial charge is 0.333 e. The van der Waals surface area contributed by atoms with Gasteiger partial charge in [0.05, 0.1) is 18.8 Å².